The molecule has 0 spiro atoms. The van der Waals surface area contributed by atoms with Crippen LogP contribution in [0.2, 0.25) is 0 Å². The highest BCUT2D eigenvalue weighted by Gasteiger charge is 1.99. The Hall–Kier alpha value is -1.19. The van der Waals surface area contributed by atoms with Crippen LogP contribution in [0.5, 0.6) is 0 Å². The van der Waals surface area contributed by atoms with Gasteiger partial charge in [-0.15, -0.1) is 11.3 Å². The Morgan fingerprint density at radius 3 is 2.71 bits per heavy atom. The van der Waals surface area contributed by atoms with Crippen LogP contribution in [0.4, 0.5) is 0 Å². The molecule has 0 saturated heterocycles. The maximum Gasteiger partial charge on any atom is 0.0313 e. The standard InChI is InChI=1S/C14H18N2S/c1-3-13-4-5-14(17-13)10-16-9-12-6-11(2)7-15-8-12/h4-8,16H,3,9-10H2,1-2H3. The molecule has 0 aliphatic heterocycles. The minimum Gasteiger partial charge on any atom is -0.308 e. The van der Waals surface area contributed by atoms with E-state index >= 15 is 0 Å². The summed E-state index contributed by atoms with van der Waals surface area (Å²) < 4.78 is 0. The zero-order valence-electron chi connectivity index (χ0n) is 10.4. The molecule has 0 aliphatic carbocycles. The van der Waals surface area contributed by atoms with E-state index < -0.39 is 0 Å². The summed E-state index contributed by atoms with van der Waals surface area (Å²) in [6.45, 7) is 6.09. The van der Waals surface area contributed by atoms with E-state index in [1.54, 1.807) is 0 Å². The Kier molecular flexibility index (Phi) is 4.29. The van der Waals surface area contributed by atoms with Crippen molar-refractivity contribution in [3.63, 3.8) is 0 Å². The lowest BCUT2D eigenvalue weighted by molar-refractivity contribution is 0.698. The number of pyridine rings is 1. The summed E-state index contributed by atoms with van der Waals surface area (Å²) in [5.74, 6) is 0. The molecule has 90 valence electrons. The topological polar surface area (TPSA) is 24.9 Å². The number of aromatic nitrogens is 1. The van der Waals surface area contributed by atoms with Crippen molar-refractivity contribution >= 4 is 11.3 Å². The maximum absolute atomic E-state index is 4.19. The monoisotopic (exact) mass is 246 g/mol. The number of hydrogen-bond donors (Lipinski definition) is 1. The average Bonchev–Trinajstić information content (AvgIpc) is 2.77. The second-order valence-electron chi connectivity index (χ2n) is 4.20. The smallest absolute Gasteiger partial charge is 0.0313 e. The van der Waals surface area contributed by atoms with Gasteiger partial charge in [-0.05, 0) is 36.6 Å². The SMILES string of the molecule is CCc1ccc(CNCc2cncc(C)c2)s1. The van der Waals surface area contributed by atoms with E-state index in [2.05, 4.69) is 42.3 Å². The van der Waals surface area contributed by atoms with Crippen LogP contribution in [-0.2, 0) is 19.5 Å². The Morgan fingerprint density at radius 1 is 1.18 bits per heavy atom. The maximum atomic E-state index is 4.19. The molecule has 0 radical (unpaired) electrons. The van der Waals surface area contributed by atoms with Crippen molar-refractivity contribution in [2.75, 3.05) is 0 Å². The van der Waals surface area contributed by atoms with Crippen molar-refractivity contribution < 1.29 is 0 Å². The molecular weight excluding hydrogens is 228 g/mol. The molecule has 0 aliphatic rings. The lowest BCUT2D eigenvalue weighted by Gasteiger charge is -2.03. The first kappa shape index (κ1) is 12.3. The van der Waals surface area contributed by atoms with Crippen LogP contribution in [0.25, 0.3) is 0 Å². The van der Waals surface area contributed by atoms with Crippen molar-refractivity contribution in [1.29, 1.82) is 0 Å². The Bertz CT molecular complexity index is 477. The Balaban J connectivity index is 1.83. The fraction of sp³-hybridized carbons (Fsp3) is 0.357. The lowest BCUT2D eigenvalue weighted by atomic mass is 10.2. The zero-order valence-corrected chi connectivity index (χ0v) is 11.2. The molecule has 2 rings (SSSR count). The van der Waals surface area contributed by atoms with E-state index in [0.29, 0.717) is 0 Å². The van der Waals surface area contributed by atoms with Gasteiger partial charge in [-0.25, -0.2) is 0 Å². The van der Waals surface area contributed by atoms with E-state index in [1.165, 1.54) is 20.9 Å². The van der Waals surface area contributed by atoms with Gasteiger partial charge in [-0.1, -0.05) is 13.0 Å². The van der Waals surface area contributed by atoms with E-state index in [4.69, 9.17) is 0 Å². The Labute approximate surface area is 107 Å². The van der Waals surface area contributed by atoms with Crippen LogP contribution < -0.4 is 5.32 Å². The normalized spacial score (nSPS) is 10.7. The quantitative estimate of drug-likeness (QED) is 0.875. The van der Waals surface area contributed by atoms with Gasteiger partial charge in [0.15, 0.2) is 0 Å². The highest BCUT2D eigenvalue weighted by atomic mass is 32.1. The second-order valence-corrected chi connectivity index (χ2v) is 5.45. The van der Waals surface area contributed by atoms with Gasteiger partial charge < -0.3 is 5.32 Å². The molecule has 0 bridgehead atoms. The zero-order chi connectivity index (χ0) is 12.1. The fourth-order valence-electron chi connectivity index (χ4n) is 1.75. The molecular formula is C14H18N2S. The summed E-state index contributed by atoms with van der Waals surface area (Å²) in [7, 11) is 0. The van der Waals surface area contributed by atoms with Crippen LogP contribution in [0.1, 0.15) is 27.8 Å². The van der Waals surface area contributed by atoms with Crippen molar-refractivity contribution in [3.05, 3.63) is 51.5 Å². The minimum absolute atomic E-state index is 0.883. The van der Waals surface area contributed by atoms with Gasteiger partial charge in [0.25, 0.3) is 0 Å². The third-order valence-corrected chi connectivity index (χ3v) is 3.86. The van der Waals surface area contributed by atoms with Gasteiger partial charge in [-0.2, -0.15) is 0 Å². The van der Waals surface area contributed by atoms with Crippen LogP contribution in [0, 0.1) is 6.92 Å². The molecule has 0 saturated carbocycles. The van der Waals surface area contributed by atoms with Gasteiger partial charge >= 0.3 is 0 Å². The van der Waals surface area contributed by atoms with E-state index in [-0.39, 0.29) is 0 Å². The molecule has 0 aromatic carbocycles. The molecule has 2 aromatic rings. The fourth-order valence-corrected chi connectivity index (χ4v) is 2.68. The van der Waals surface area contributed by atoms with Crippen molar-refractivity contribution in [2.24, 2.45) is 0 Å². The number of nitrogens with one attached hydrogen (secondary N) is 1. The summed E-state index contributed by atoms with van der Waals surface area (Å²) in [6.07, 6.45) is 4.94. The molecule has 3 heteroatoms. The number of aryl methyl sites for hydroxylation is 2. The molecule has 2 aromatic heterocycles. The average molecular weight is 246 g/mol. The molecule has 2 nitrogen and oxygen atoms in total. The number of nitrogens with zero attached hydrogens (tertiary/aromatic N) is 1. The Morgan fingerprint density at radius 2 is 2.00 bits per heavy atom. The third kappa shape index (κ3) is 3.65. The molecule has 0 atom stereocenters. The van der Waals surface area contributed by atoms with Crippen molar-refractivity contribution in [2.45, 2.75) is 33.4 Å². The summed E-state index contributed by atoms with van der Waals surface area (Å²) in [4.78, 5) is 7.05. The van der Waals surface area contributed by atoms with Crippen LogP contribution in [0.15, 0.2) is 30.6 Å². The van der Waals surface area contributed by atoms with Gasteiger partial charge in [0.1, 0.15) is 0 Å². The molecule has 0 amide bonds. The summed E-state index contributed by atoms with van der Waals surface area (Å²) in [6, 6.07) is 6.60. The highest BCUT2D eigenvalue weighted by Crippen LogP contribution is 2.16. The summed E-state index contributed by atoms with van der Waals surface area (Å²) in [5.41, 5.74) is 2.46. The number of rotatable bonds is 5. The first-order valence-electron chi connectivity index (χ1n) is 5.96. The summed E-state index contributed by atoms with van der Waals surface area (Å²) in [5, 5.41) is 3.45. The van der Waals surface area contributed by atoms with Crippen LogP contribution in [-0.4, -0.2) is 4.98 Å². The van der Waals surface area contributed by atoms with E-state index in [0.717, 1.165) is 19.5 Å². The van der Waals surface area contributed by atoms with Crippen molar-refractivity contribution in [1.82, 2.24) is 10.3 Å². The van der Waals surface area contributed by atoms with Crippen LogP contribution >= 0.6 is 11.3 Å². The largest absolute Gasteiger partial charge is 0.308 e. The van der Waals surface area contributed by atoms with Crippen LogP contribution in [0.3, 0.4) is 0 Å². The predicted octanol–water partition coefficient (Wildman–Crippen LogP) is 3.30. The number of thiophene rings is 1. The second kappa shape index (κ2) is 5.94. The first-order chi connectivity index (χ1) is 8.28. The highest BCUT2D eigenvalue weighted by molar-refractivity contribution is 7.11. The van der Waals surface area contributed by atoms with E-state index in [1.807, 2.05) is 23.7 Å². The molecule has 2 heterocycles. The van der Waals surface area contributed by atoms with Gasteiger partial charge in [0.2, 0.25) is 0 Å². The molecule has 0 fully saturated rings. The predicted molar refractivity (Wildman–Crippen MR) is 73.2 cm³/mol. The van der Waals surface area contributed by atoms with Gasteiger partial charge in [0.05, 0.1) is 0 Å². The van der Waals surface area contributed by atoms with E-state index in [9.17, 15) is 0 Å². The minimum atomic E-state index is 0.883. The molecule has 1 N–H and O–H groups in total. The lowest BCUT2D eigenvalue weighted by Crippen LogP contribution is -2.11. The third-order valence-electron chi connectivity index (χ3n) is 2.63. The van der Waals surface area contributed by atoms with Crippen molar-refractivity contribution in [3.8, 4) is 0 Å². The summed E-state index contributed by atoms with van der Waals surface area (Å²) >= 11 is 1.89. The van der Waals surface area contributed by atoms with Gasteiger partial charge in [0, 0.05) is 35.2 Å². The molecule has 17 heavy (non-hydrogen) atoms. The first-order valence-corrected chi connectivity index (χ1v) is 6.78. The van der Waals surface area contributed by atoms with Gasteiger partial charge in [-0.3, -0.25) is 4.98 Å². The molecule has 0 unspecified atom stereocenters. The number of hydrogen-bond acceptors (Lipinski definition) is 3.